The topological polar surface area (TPSA) is 68.2 Å². The lowest BCUT2D eigenvalue weighted by atomic mass is 10.1. The Hall–Kier alpha value is -2.03. The molecule has 0 bridgehead atoms. The van der Waals surface area contributed by atoms with Gasteiger partial charge in [0.05, 0.1) is 28.7 Å². The van der Waals surface area contributed by atoms with Crippen LogP contribution in [0.1, 0.15) is 5.01 Å². The van der Waals surface area contributed by atoms with Crippen LogP contribution in [-0.2, 0) is 9.53 Å². The second-order valence-corrected chi connectivity index (χ2v) is 8.08. The molecule has 1 fully saturated rings. The smallest absolute Gasteiger partial charge is 0.233 e. The predicted octanol–water partition coefficient (Wildman–Crippen LogP) is 3.01. The molecule has 0 saturated carbocycles. The van der Waals surface area contributed by atoms with Gasteiger partial charge in [0.25, 0.3) is 0 Å². The van der Waals surface area contributed by atoms with Crippen LogP contribution in [-0.4, -0.2) is 58.0 Å². The van der Waals surface area contributed by atoms with Crippen molar-refractivity contribution in [3.8, 4) is 11.3 Å². The first-order valence-electron chi connectivity index (χ1n) is 8.40. The number of nitrogens with zero attached hydrogens (tertiary/aromatic N) is 4. The zero-order chi connectivity index (χ0) is 17.9. The fourth-order valence-electron chi connectivity index (χ4n) is 2.84. The summed E-state index contributed by atoms with van der Waals surface area (Å²) in [6.07, 6.45) is 0. The van der Waals surface area contributed by atoms with Gasteiger partial charge in [0.15, 0.2) is 0 Å². The number of carbonyl (C=O) groups is 1. The molecule has 0 spiro atoms. The van der Waals surface area contributed by atoms with Crippen LogP contribution in [0.5, 0.6) is 0 Å². The fraction of sp³-hybridized carbons (Fsp3) is 0.333. The standard InChI is InChI=1S/C18H18N4O2S2/c1-12-19-16-17(26-12)15(13-5-3-2-4-6-13)20-21-18(16)25-11-14(23)22-7-9-24-10-8-22/h2-6H,7-11H2,1H3. The second kappa shape index (κ2) is 7.69. The monoisotopic (exact) mass is 386 g/mol. The Morgan fingerprint density at radius 2 is 2.00 bits per heavy atom. The summed E-state index contributed by atoms with van der Waals surface area (Å²) >= 11 is 3.02. The number of aryl methyl sites for hydroxylation is 1. The van der Waals surface area contributed by atoms with Gasteiger partial charge in [0.1, 0.15) is 16.2 Å². The van der Waals surface area contributed by atoms with Crippen LogP contribution < -0.4 is 0 Å². The van der Waals surface area contributed by atoms with Gasteiger partial charge in [0.2, 0.25) is 5.91 Å². The Kier molecular flexibility index (Phi) is 5.14. The summed E-state index contributed by atoms with van der Waals surface area (Å²) in [6.45, 7) is 4.51. The highest BCUT2D eigenvalue weighted by molar-refractivity contribution is 8.00. The summed E-state index contributed by atoms with van der Waals surface area (Å²) in [5.41, 5.74) is 2.70. The average Bonchev–Trinajstić information content (AvgIpc) is 3.08. The molecule has 3 aromatic rings. The van der Waals surface area contributed by atoms with E-state index in [0.29, 0.717) is 37.1 Å². The molecule has 0 aliphatic carbocycles. The summed E-state index contributed by atoms with van der Waals surface area (Å²) in [5.74, 6) is 0.442. The molecule has 0 atom stereocenters. The van der Waals surface area contributed by atoms with Crippen molar-refractivity contribution < 1.29 is 9.53 Å². The highest BCUT2D eigenvalue weighted by atomic mass is 32.2. The molecule has 1 aliphatic heterocycles. The molecule has 3 heterocycles. The molecule has 26 heavy (non-hydrogen) atoms. The maximum atomic E-state index is 12.4. The number of fused-ring (bicyclic) bond motifs is 1. The number of thiazole rings is 1. The molecule has 1 saturated heterocycles. The van der Waals surface area contributed by atoms with Crippen LogP contribution >= 0.6 is 23.1 Å². The third kappa shape index (κ3) is 3.58. The largest absolute Gasteiger partial charge is 0.378 e. The van der Waals surface area contributed by atoms with E-state index in [0.717, 1.165) is 26.5 Å². The normalized spacial score (nSPS) is 14.7. The number of thioether (sulfide) groups is 1. The number of amides is 1. The van der Waals surface area contributed by atoms with Crippen LogP contribution in [0.15, 0.2) is 35.4 Å². The number of ether oxygens (including phenoxy) is 1. The van der Waals surface area contributed by atoms with Crippen molar-refractivity contribution in [3.63, 3.8) is 0 Å². The third-order valence-corrected chi connectivity index (χ3v) is 6.05. The molecule has 0 unspecified atom stereocenters. The van der Waals surface area contributed by atoms with E-state index in [2.05, 4.69) is 15.2 Å². The van der Waals surface area contributed by atoms with E-state index in [1.165, 1.54) is 11.8 Å². The van der Waals surface area contributed by atoms with Crippen LogP contribution in [0.4, 0.5) is 0 Å². The van der Waals surface area contributed by atoms with E-state index < -0.39 is 0 Å². The summed E-state index contributed by atoms with van der Waals surface area (Å²) < 4.78 is 6.32. The number of rotatable bonds is 4. The van der Waals surface area contributed by atoms with Crippen molar-refractivity contribution in [2.24, 2.45) is 0 Å². The summed E-state index contributed by atoms with van der Waals surface area (Å²) in [7, 11) is 0. The van der Waals surface area contributed by atoms with Gasteiger partial charge < -0.3 is 9.64 Å². The van der Waals surface area contributed by atoms with Gasteiger partial charge in [-0.2, -0.15) is 0 Å². The van der Waals surface area contributed by atoms with Gasteiger partial charge in [-0.3, -0.25) is 4.79 Å². The average molecular weight is 387 g/mol. The van der Waals surface area contributed by atoms with E-state index in [1.54, 1.807) is 11.3 Å². The number of hydrogen-bond acceptors (Lipinski definition) is 7. The van der Waals surface area contributed by atoms with Crippen molar-refractivity contribution >= 4 is 39.2 Å². The Balaban J connectivity index is 1.59. The molecule has 1 amide bonds. The number of benzene rings is 1. The van der Waals surface area contributed by atoms with Crippen molar-refractivity contribution in [2.45, 2.75) is 11.9 Å². The molecule has 6 nitrogen and oxygen atoms in total. The van der Waals surface area contributed by atoms with Crippen LogP contribution in [0.3, 0.4) is 0 Å². The second-order valence-electron chi connectivity index (χ2n) is 5.91. The number of aromatic nitrogens is 3. The van der Waals surface area contributed by atoms with Crippen molar-refractivity contribution in [2.75, 3.05) is 32.1 Å². The Labute approximate surface area is 159 Å². The lowest BCUT2D eigenvalue weighted by Crippen LogP contribution is -2.41. The van der Waals surface area contributed by atoms with E-state index in [-0.39, 0.29) is 5.91 Å². The van der Waals surface area contributed by atoms with Gasteiger partial charge in [-0.25, -0.2) is 4.98 Å². The molecular weight excluding hydrogens is 368 g/mol. The highest BCUT2D eigenvalue weighted by Crippen LogP contribution is 2.35. The van der Waals surface area contributed by atoms with Gasteiger partial charge >= 0.3 is 0 Å². The first-order chi connectivity index (χ1) is 12.7. The zero-order valence-electron chi connectivity index (χ0n) is 14.3. The van der Waals surface area contributed by atoms with E-state index in [1.807, 2.05) is 42.2 Å². The van der Waals surface area contributed by atoms with Crippen molar-refractivity contribution in [3.05, 3.63) is 35.3 Å². The minimum absolute atomic E-state index is 0.104. The fourth-order valence-corrected chi connectivity index (χ4v) is 4.65. The molecule has 1 aliphatic rings. The molecule has 4 rings (SSSR count). The van der Waals surface area contributed by atoms with Gasteiger partial charge in [-0.05, 0) is 6.92 Å². The van der Waals surface area contributed by atoms with Gasteiger partial charge in [-0.15, -0.1) is 21.5 Å². The lowest BCUT2D eigenvalue weighted by molar-refractivity contribution is -0.132. The third-order valence-electron chi connectivity index (χ3n) is 4.14. The van der Waals surface area contributed by atoms with Crippen molar-refractivity contribution in [1.29, 1.82) is 0 Å². The van der Waals surface area contributed by atoms with Crippen LogP contribution in [0.2, 0.25) is 0 Å². The highest BCUT2D eigenvalue weighted by Gasteiger charge is 2.20. The molecule has 0 radical (unpaired) electrons. The maximum absolute atomic E-state index is 12.4. The Morgan fingerprint density at radius 1 is 1.23 bits per heavy atom. The molecule has 2 aromatic heterocycles. The first kappa shape index (κ1) is 17.4. The molecular formula is C18H18N4O2S2. The molecule has 8 heteroatoms. The summed E-state index contributed by atoms with van der Waals surface area (Å²) in [6, 6.07) is 9.99. The summed E-state index contributed by atoms with van der Waals surface area (Å²) in [4.78, 5) is 18.9. The van der Waals surface area contributed by atoms with Crippen molar-refractivity contribution in [1.82, 2.24) is 20.1 Å². The summed E-state index contributed by atoms with van der Waals surface area (Å²) in [5, 5.41) is 10.5. The molecule has 1 aromatic carbocycles. The lowest BCUT2D eigenvalue weighted by Gasteiger charge is -2.26. The van der Waals surface area contributed by atoms with Crippen LogP contribution in [0, 0.1) is 6.92 Å². The van der Waals surface area contributed by atoms with E-state index in [4.69, 9.17) is 4.74 Å². The number of hydrogen-bond donors (Lipinski definition) is 0. The quantitative estimate of drug-likeness (QED) is 0.642. The molecule has 0 N–H and O–H groups in total. The SMILES string of the molecule is Cc1nc2c(SCC(=O)N3CCOCC3)nnc(-c3ccccc3)c2s1. The minimum atomic E-state index is 0.104. The number of carbonyl (C=O) groups excluding carboxylic acids is 1. The molecule has 134 valence electrons. The first-order valence-corrected chi connectivity index (χ1v) is 10.2. The van der Waals surface area contributed by atoms with Gasteiger partial charge in [-0.1, -0.05) is 42.1 Å². The maximum Gasteiger partial charge on any atom is 0.233 e. The minimum Gasteiger partial charge on any atom is -0.378 e. The van der Waals surface area contributed by atoms with E-state index >= 15 is 0 Å². The Morgan fingerprint density at radius 3 is 2.77 bits per heavy atom. The van der Waals surface area contributed by atoms with Crippen LogP contribution in [0.25, 0.3) is 21.5 Å². The Bertz CT molecular complexity index is 924. The zero-order valence-corrected chi connectivity index (χ0v) is 16.0. The van der Waals surface area contributed by atoms with Gasteiger partial charge in [0, 0.05) is 18.7 Å². The van der Waals surface area contributed by atoms with E-state index in [9.17, 15) is 4.79 Å². The predicted molar refractivity (Wildman–Crippen MR) is 104 cm³/mol. The number of morpholine rings is 1.